The maximum absolute atomic E-state index is 13.0. The average Bonchev–Trinajstić information content (AvgIpc) is 3.08. The van der Waals surface area contributed by atoms with Crippen LogP contribution >= 0.6 is 0 Å². The van der Waals surface area contributed by atoms with Crippen molar-refractivity contribution in [3.8, 4) is 11.5 Å². The second-order valence-electron chi connectivity index (χ2n) is 8.29. The van der Waals surface area contributed by atoms with Gasteiger partial charge in [-0.1, -0.05) is 6.07 Å². The van der Waals surface area contributed by atoms with Crippen LogP contribution in [0.4, 0.5) is 24.5 Å². The van der Waals surface area contributed by atoms with E-state index in [-0.39, 0.29) is 24.4 Å². The van der Waals surface area contributed by atoms with Gasteiger partial charge in [-0.3, -0.25) is 9.69 Å². The van der Waals surface area contributed by atoms with Crippen LogP contribution in [-0.4, -0.2) is 68.5 Å². The van der Waals surface area contributed by atoms with Crippen LogP contribution in [0.25, 0.3) is 0 Å². The molecule has 0 aliphatic carbocycles. The number of phenolic OH excluding ortho intramolecular Hbond substituents is 1. The zero-order valence-electron chi connectivity index (χ0n) is 18.3. The lowest BCUT2D eigenvalue weighted by Gasteiger charge is -2.36. The summed E-state index contributed by atoms with van der Waals surface area (Å²) in [6.07, 6.45) is -4.00. The van der Waals surface area contributed by atoms with E-state index in [4.69, 9.17) is 4.74 Å². The topological polar surface area (TPSA) is 68.3 Å². The van der Waals surface area contributed by atoms with Gasteiger partial charge < -0.3 is 25.0 Å². The monoisotopic (exact) mass is 464 g/mol. The minimum Gasteiger partial charge on any atom is -0.508 e. The first-order valence-electron chi connectivity index (χ1n) is 10.8. The first kappa shape index (κ1) is 23.0. The Morgan fingerprint density at radius 1 is 1.15 bits per heavy atom. The van der Waals surface area contributed by atoms with Crippen LogP contribution in [0.3, 0.4) is 0 Å². The van der Waals surface area contributed by atoms with Crippen molar-refractivity contribution in [3.05, 3.63) is 48.0 Å². The smallest absolute Gasteiger partial charge is 0.416 e. The number of ether oxygens (including phenoxy) is 1. The largest absolute Gasteiger partial charge is 0.508 e. The van der Waals surface area contributed by atoms with Gasteiger partial charge in [0.25, 0.3) is 0 Å². The zero-order chi connectivity index (χ0) is 23.6. The molecule has 33 heavy (non-hydrogen) atoms. The molecule has 2 aliphatic rings. The highest BCUT2D eigenvalue weighted by molar-refractivity contribution is 5.78. The van der Waals surface area contributed by atoms with E-state index in [9.17, 15) is 23.1 Å². The number of hydrogen-bond acceptors (Lipinski definition) is 6. The first-order valence-corrected chi connectivity index (χ1v) is 10.8. The lowest BCUT2D eigenvalue weighted by Crippen LogP contribution is -2.49. The molecule has 178 valence electrons. The second kappa shape index (κ2) is 9.38. The molecule has 0 bridgehead atoms. The summed E-state index contributed by atoms with van der Waals surface area (Å²) < 4.78 is 44.7. The standard InChI is InChI=1S/C23H27F3N4O3/c1-28-19-6-5-18(31)14-20(19)33-22(28)7-8-27-21(32)15-29-9-11-30(12-10-29)17-4-2-3-16(13-17)23(24,25)26/h2-6,13-14,22,31H,7-12,15H2,1H3,(H,27,32). The summed E-state index contributed by atoms with van der Waals surface area (Å²) in [5.74, 6) is 0.662. The van der Waals surface area contributed by atoms with Crippen molar-refractivity contribution in [2.75, 3.05) is 56.1 Å². The zero-order valence-corrected chi connectivity index (χ0v) is 18.3. The van der Waals surface area contributed by atoms with E-state index in [2.05, 4.69) is 5.32 Å². The Bertz CT molecular complexity index is 993. The number of amides is 1. The number of aromatic hydroxyl groups is 1. The average molecular weight is 464 g/mol. The number of benzene rings is 2. The highest BCUT2D eigenvalue weighted by atomic mass is 19.4. The van der Waals surface area contributed by atoms with Crippen LogP contribution in [0, 0.1) is 0 Å². The van der Waals surface area contributed by atoms with Gasteiger partial charge in [-0.05, 0) is 30.3 Å². The summed E-state index contributed by atoms with van der Waals surface area (Å²) in [6, 6.07) is 10.3. The molecule has 2 aliphatic heterocycles. The Balaban J connectivity index is 1.19. The molecule has 1 unspecified atom stereocenters. The molecular weight excluding hydrogens is 437 g/mol. The van der Waals surface area contributed by atoms with Gasteiger partial charge in [-0.2, -0.15) is 13.2 Å². The highest BCUT2D eigenvalue weighted by Crippen LogP contribution is 2.39. The summed E-state index contributed by atoms with van der Waals surface area (Å²) in [7, 11) is 1.90. The Labute approximate surface area is 190 Å². The van der Waals surface area contributed by atoms with Crippen molar-refractivity contribution >= 4 is 17.3 Å². The molecule has 2 heterocycles. The number of fused-ring (bicyclic) bond motifs is 1. The number of anilines is 2. The summed E-state index contributed by atoms with van der Waals surface area (Å²) in [5.41, 5.74) is 0.783. The van der Waals surface area contributed by atoms with E-state index in [0.717, 1.165) is 11.8 Å². The number of phenols is 1. The minimum absolute atomic E-state index is 0.0988. The summed E-state index contributed by atoms with van der Waals surface area (Å²) in [5, 5.41) is 12.5. The molecule has 2 aromatic rings. The molecule has 2 N–H and O–H groups in total. The third-order valence-electron chi connectivity index (χ3n) is 6.01. The number of halogens is 3. The molecule has 1 fully saturated rings. The molecule has 2 aromatic carbocycles. The van der Waals surface area contributed by atoms with Crippen LogP contribution in [0.2, 0.25) is 0 Å². The van der Waals surface area contributed by atoms with E-state index < -0.39 is 11.7 Å². The number of carbonyl (C=O) groups is 1. The van der Waals surface area contributed by atoms with E-state index >= 15 is 0 Å². The number of alkyl halides is 3. The van der Waals surface area contributed by atoms with Gasteiger partial charge in [0.05, 0.1) is 17.8 Å². The van der Waals surface area contributed by atoms with E-state index in [0.29, 0.717) is 50.6 Å². The number of hydrogen-bond donors (Lipinski definition) is 2. The lowest BCUT2D eigenvalue weighted by atomic mass is 10.1. The highest BCUT2D eigenvalue weighted by Gasteiger charge is 2.31. The number of nitrogens with zero attached hydrogens (tertiary/aromatic N) is 3. The Kier molecular flexibility index (Phi) is 6.55. The molecule has 0 aromatic heterocycles. The maximum Gasteiger partial charge on any atom is 0.416 e. The first-order chi connectivity index (χ1) is 15.7. The second-order valence-corrected chi connectivity index (χ2v) is 8.29. The Morgan fingerprint density at radius 3 is 2.64 bits per heavy atom. The van der Waals surface area contributed by atoms with Crippen LogP contribution in [0.15, 0.2) is 42.5 Å². The van der Waals surface area contributed by atoms with Crippen molar-refractivity contribution in [2.45, 2.75) is 18.8 Å². The normalized spacial score (nSPS) is 18.7. The van der Waals surface area contributed by atoms with Gasteiger partial charge >= 0.3 is 6.18 Å². The number of piperazine rings is 1. The molecular formula is C23H27F3N4O3. The van der Waals surface area contributed by atoms with Gasteiger partial charge in [0.15, 0.2) is 6.23 Å². The lowest BCUT2D eigenvalue weighted by molar-refractivity contribution is -0.137. The van der Waals surface area contributed by atoms with Gasteiger partial charge in [-0.25, -0.2) is 0 Å². The van der Waals surface area contributed by atoms with E-state index in [1.54, 1.807) is 24.3 Å². The van der Waals surface area contributed by atoms with Crippen molar-refractivity contribution in [2.24, 2.45) is 0 Å². The molecule has 10 heteroatoms. The molecule has 0 radical (unpaired) electrons. The minimum atomic E-state index is -4.36. The molecule has 4 rings (SSSR count). The Morgan fingerprint density at radius 2 is 1.91 bits per heavy atom. The summed E-state index contributed by atoms with van der Waals surface area (Å²) >= 11 is 0. The van der Waals surface area contributed by atoms with Crippen molar-refractivity contribution in [3.63, 3.8) is 0 Å². The van der Waals surface area contributed by atoms with Crippen LogP contribution < -0.4 is 19.9 Å². The third-order valence-corrected chi connectivity index (χ3v) is 6.01. The molecule has 1 atom stereocenters. The van der Waals surface area contributed by atoms with Crippen molar-refractivity contribution in [1.29, 1.82) is 0 Å². The molecule has 1 saturated heterocycles. The quantitative estimate of drug-likeness (QED) is 0.686. The van der Waals surface area contributed by atoms with E-state index in [1.807, 2.05) is 21.7 Å². The summed E-state index contributed by atoms with van der Waals surface area (Å²) in [4.78, 5) is 18.2. The van der Waals surface area contributed by atoms with Gasteiger partial charge in [0.2, 0.25) is 5.91 Å². The fourth-order valence-electron chi connectivity index (χ4n) is 4.16. The maximum atomic E-state index is 13.0. The SMILES string of the molecule is CN1c2ccc(O)cc2OC1CCNC(=O)CN1CCN(c2cccc(C(F)(F)F)c2)CC1. The molecule has 0 spiro atoms. The number of rotatable bonds is 6. The van der Waals surface area contributed by atoms with Gasteiger partial charge in [0, 0.05) is 57.9 Å². The van der Waals surface area contributed by atoms with Gasteiger partial charge in [0.1, 0.15) is 11.5 Å². The Hall–Kier alpha value is -3.14. The predicted molar refractivity (Wildman–Crippen MR) is 119 cm³/mol. The van der Waals surface area contributed by atoms with Crippen LogP contribution in [-0.2, 0) is 11.0 Å². The predicted octanol–water partition coefficient (Wildman–Crippen LogP) is 2.89. The number of carbonyl (C=O) groups excluding carboxylic acids is 1. The fourth-order valence-corrected chi connectivity index (χ4v) is 4.16. The van der Waals surface area contributed by atoms with Crippen molar-refractivity contribution in [1.82, 2.24) is 10.2 Å². The van der Waals surface area contributed by atoms with E-state index in [1.165, 1.54) is 12.1 Å². The number of nitrogens with one attached hydrogen (secondary N) is 1. The van der Waals surface area contributed by atoms with Crippen LogP contribution in [0.5, 0.6) is 11.5 Å². The molecule has 7 nitrogen and oxygen atoms in total. The molecule has 1 amide bonds. The molecule has 0 saturated carbocycles. The third kappa shape index (κ3) is 5.44. The van der Waals surface area contributed by atoms with Crippen LogP contribution in [0.1, 0.15) is 12.0 Å². The van der Waals surface area contributed by atoms with Crippen molar-refractivity contribution < 1.29 is 27.8 Å². The van der Waals surface area contributed by atoms with Gasteiger partial charge in [-0.15, -0.1) is 0 Å². The summed E-state index contributed by atoms with van der Waals surface area (Å²) in [6.45, 7) is 2.98. The fraction of sp³-hybridized carbons (Fsp3) is 0.435.